The van der Waals surface area contributed by atoms with E-state index < -0.39 is 5.41 Å². The van der Waals surface area contributed by atoms with E-state index in [4.69, 9.17) is 0 Å². The number of benzene rings is 12. The van der Waals surface area contributed by atoms with Gasteiger partial charge in [0.25, 0.3) is 0 Å². The molecule has 0 aromatic heterocycles. The predicted molar refractivity (Wildman–Crippen MR) is 333 cm³/mol. The lowest BCUT2D eigenvalue weighted by atomic mass is 9.67. The molecule has 378 valence electrons. The van der Waals surface area contributed by atoms with E-state index in [1.807, 2.05) is 0 Å². The fraction of sp³-hybridized carbons (Fsp3) is 0.0909. The molecule has 12 aromatic rings. The minimum absolute atomic E-state index is 0.576. The minimum Gasteiger partial charge on any atom is -0.310 e. The highest BCUT2D eigenvalue weighted by Gasteiger charge is 2.46. The Labute approximate surface area is 465 Å². The molecule has 0 atom stereocenters. The van der Waals surface area contributed by atoms with E-state index in [-0.39, 0.29) is 0 Å². The van der Waals surface area contributed by atoms with Gasteiger partial charge < -0.3 is 9.80 Å². The van der Waals surface area contributed by atoms with Crippen molar-refractivity contribution in [3.05, 3.63) is 325 Å². The largest absolute Gasteiger partial charge is 0.310 e. The van der Waals surface area contributed by atoms with Gasteiger partial charge in [0.2, 0.25) is 0 Å². The maximum Gasteiger partial charge on any atom is 0.0714 e. The molecule has 2 aliphatic rings. The van der Waals surface area contributed by atoms with Crippen LogP contribution in [-0.4, -0.2) is 0 Å². The molecule has 2 heteroatoms. The molecule has 0 saturated heterocycles. The van der Waals surface area contributed by atoms with Crippen LogP contribution in [0.25, 0.3) is 55.3 Å². The summed E-state index contributed by atoms with van der Waals surface area (Å²) in [7, 11) is 0. The number of anilines is 6. The van der Waals surface area contributed by atoms with Crippen LogP contribution in [0.1, 0.15) is 65.8 Å². The van der Waals surface area contributed by atoms with Crippen molar-refractivity contribution in [1.29, 1.82) is 0 Å². The zero-order valence-corrected chi connectivity index (χ0v) is 44.3. The zero-order valence-electron chi connectivity index (χ0n) is 44.3. The molecular weight excluding hydrogens is 953 g/mol. The summed E-state index contributed by atoms with van der Waals surface area (Å²) in [5, 5.41) is 2.40. The van der Waals surface area contributed by atoms with Crippen LogP contribution in [0.2, 0.25) is 0 Å². The summed E-state index contributed by atoms with van der Waals surface area (Å²) in [6, 6.07) is 111. The van der Waals surface area contributed by atoms with Gasteiger partial charge in [-0.3, -0.25) is 0 Å². The lowest BCUT2D eigenvalue weighted by molar-refractivity contribution is 0.443. The molecule has 12 aromatic carbocycles. The van der Waals surface area contributed by atoms with Crippen LogP contribution < -0.4 is 9.80 Å². The van der Waals surface area contributed by atoms with E-state index in [0.29, 0.717) is 5.92 Å². The van der Waals surface area contributed by atoms with Crippen molar-refractivity contribution in [2.45, 2.75) is 43.4 Å². The molecule has 1 fully saturated rings. The smallest absolute Gasteiger partial charge is 0.0714 e. The second kappa shape index (κ2) is 20.8. The van der Waals surface area contributed by atoms with Crippen molar-refractivity contribution < 1.29 is 0 Å². The fourth-order valence-corrected chi connectivity index (χ4v) is 13.3. The molecule has 0 heterocycles. The van der Waals surface area contributed by atoms with Gasteiger partial charge in [0.15, 0.2) is 0 Å². The molecule has 0 aliphatic heterocycles. The Bertz CT molecular complexity index is 3990. The highest BCUT2D eigenvalue weighted by atomic mass is 15.2. The number of hydrogen-bond donors (Lipinski definition) is 0. The van der Waals surface area contributed by atoms with Crippen molar-refractivity contribution >= 4 is 44.9 Å². The molecule has 2 nitrogen and oxygen atoms in total. The van der Waals surface area contributed by atoms with Crippen LogP contribution in [0.5, 0.6) is 0 Å². The third-order valence-corrected chi connectivity index (χ3v) is 16.9. The Kier molecular flexibility index (Phi) is 12.6. The standard InChI is InChI=1S/C77H60N2/c1-7-24-55(25-8-1)57-42-45-65(46-43-57)79(67-48-49-73-72-38-21-22-41-74(72)77(75(73)54-67,62-32-13-4-14-33-62)63-34-15-5-16-35-63)69-52-61(76-70(58-27-9-2-10-28-58)39-23-40-71(76)59-29-11-3-12-30-59)51-68(53-69)78(64-36-17-6-18-37-64)66-47-44-56-26-19-20-31-60(56)50-66/h2-6,9-23,26-55H,1,7-8,24-25H2. The van der Waals surface area contributed by atoms with Crippen LogP contribution in [-0.2, 0) is 5.41 Å². The van der Waals surface area contributed by atoms with E-state index in [2.05, 4.69) is 307 Å². The molecule has 2 aliphatic carbocycles. The minimum atomic E-state index is -0.576. The Morgan fingerprint density at radius 2 is 0.747 bits per heavy atom. The van der Waals surface area contributed by atoms with Gasteiger partial charge in [0, 0.05) is 34.1 Å². The van der Waals surface area contributed by atoms with E-state index in [0.717, 1.165) is 39.7 Å². The summed E-state index contributed by atoms with van der Waals surface area (Å²) >= 11 is 0. The van der Waals surface area contributed by atoms with Crippen LogP contribution >= 0.6 is 0 Å². The number of rotatable bonds is 12. The summed E-state index contributed by atoms with van der Waals surface area (Å²) in [5.74, 6) is 0.578. The third kappa shape index (κ3) is 8.71. The van der Waals surface area contributed by atoms with Crippen molar-refractivity contribution in [1.82, 2.24) is 0 Å². The maximum absolute atomic E-state index is 2.54. The first kappa shape index (κ1) is 47.9. The predicted octanol–water partition coefficient (Wildman–Crippen LogP) is 21.2. The Hall–Kier alpha value is -9.50. The van der Waals surface area contributed by atoms with Crippen molar-refractivity contribution in [2.75, 3.05) is 9.80 Å². The van der Waals surface area contributed by atoms with Gasteiger partial charge >= 0.3 is 0 Å². The van der Waals surface area contributed by atoms with Gasteiger partial charge in [-0.2, -0.15) is 0 Å². The molecule has 0 bridgehead atoms. The Morgan fingerprint density at radius 1 is 0.278 bits per heavy atom. The second-order valence-corrected chi connectivity index (χ2v) is 21.4. The topological polar surface area (TPSA) is 6.48 Å². The number of fused-ring (bicyclic) bond motifs is 4. The molecule has 0 radical (unpaired) electrons. The Morgan fingerprint density at radius 3 is 1.37 bits per heavy atom. The van der Waals surface area contributed by atoms with Gasteiger partial charge in [0.05, 0.1) is 5.41 Å². The molecule has 0 N–H and O–H groups in total. The molecule has 1 saturated carbocycles. The van der Waals surface area contributed by atoms with Crippen LogP contribution in [0.4, 0.5) is 34.1 Å². The highest BCUT2D eigenvalue weighted by molar-refractivity contribution is 5.99. The monoisotopic (exact) mass is 1010 g/mol. The van der Waals surface area contributed by atoms with Gasteiger partial charge in [-0.05, 0) is 169 Å². The van der Waals surface area contributed by atoms with Crippen molar-refractivity contribution in [2.24, 2.45) is 0 Å². The normalized spacial score (nSPS) is 13.6. The zero-order chi connectivity index (χ0) is 52.5. The van der Waals surface area contributed by atoms with Gasteiger partial charge in [-0.1, -0.05) is 250 Å². The summed E-state index contributed by atoms with van der Waals surface area (Å²) < 4.78 is 0. The molecule has 0 unspecified atom stereocenters. The summed E-state index contributed by atoms with van der Waals surface area (Å²) in [5.41, 5.74) is 21.9. The quantitative estimate of drug-likeness (QED) is 0.120. The lowest BCUT2D eigenvalue weighted by Crippen LogP contribution is -2.28. The van der Waals surface area contributed by atoms with Crippen LogP contribution in [0.3, 0.4) is 0 Å². The number of nitrogens with zero attached hydrogens (tertiary/aromatic N) is 2. The maximum atomic E-state index is 2.54. The molecule has 0 amide bonds. The van der Waals surface area contributed by atoms with E-state index in [9.17, 15) is 0 Å². The van der Waals surface area contributed by atoms with Crippen molar-refractivity contribution in [3.8, 4) is 44.5 Å². The SMILES string of the molecule is c1ccc(-c2cccc(-c3ccccc3)c2-c2cc(N(c3ccc(C4CCCCC4)cc3)c3ccc4c(c3)C(c3ccccc3)(c3ccccc3)c3ccccc3-4)cc(N(c3ccccc3)c3ccc4ccccc4c3)c2)cc1. The van der Waals surface area contributed by atoms with Crippen LogP contribution in [0, 0.1) is 0 Å². The highest BCUT2D eigenvalue weighted by Crippen LogP contribution is 2.58. The van der Waals surface area contributed by atoms with Gasteiger partial charge in [-0.15, -0.1) is 0 Å². The van der Waals surface area contributed by atoms with E-state index in [1.165, 1.54) is 110 Å². The molecule has 14 rings (SSSR count). The third-order valence-electron chi connectivity index (χ3n) is 16.9. The first-order chi connectivity index (χ1) is 39.2. The first-order valence-corrected chi connectivity index (χ1v) is 28.2. The Balaban J connectivity index is 1.08. The van der Waals surface area contributed by atoms with Crippen molar-refractivity contribution in [3.63, 3.8) is 0 Å². The van der Waals surface area contributed by atoms with E-state index in [1.54, 1.807) is 0 Å². The summed E-state index contributed by atoms with van der Waals surface area (Å²) in [6.07, 6.45) is 6.40. The number of hydrogen-bond acceptors (Lipinski definition) is 2. The average molecular weight is 1010 g/mol. The summed E-state index contributed by atoms with van der Waals surface area (Å²) in [6.45, 7) is 0. The molecule has 0 spiro atoms. The average Bonchev–Trinajstić information content (AvgIpc) is 3.20. The van der Waals surface area contributed by atoms with E-state index >= 15 is 0 Å². The van der Waals surface area contributed by atoms with Gasteiger partial charge in [-0.25, -0.2) is 0 Å². The fourth-order valence-electron chi connectivity index (χ4n) is 13.3. The molecule has 79 heavy (non-hydrogen) atoms. The first-order valence-electron chi connectivity index (χ1n) is 28.2. The second-order valence-electron chi connectivity index (χ2n) is 21.4. The van der Waals surface area contributed by atoms with Gasteiger partial charge in [0.1, 0.15) is 0 Å². The van der Waals surface area contributed by atoms with Crippen LogP contribution in [0.15, 0.2) is 297 Å². The number of para-hydroxylation sites is 1. The lowest BCUT2D eigenvalue weighted by Gasteiger charge is -2.35. The summed E-state index contributed by atoms with van der Waals surface area (Å²) in [4.78, 5) is 4.99. The molecular formula is C77H60N2.